The smallest absolute Gasteiger partial charge is 0.240 e. The number of nitrogens with one attached hydrogen (secondary N) is 1. The summed E-state index contributed by atoms with van der Waals surface area (Å²) >= 11 is 0. The summed E-state index contributed by atoms with van der Waals surface area (Å²) in [5, 5.41) is 0. The number of ether oxygens (including phenoxy) is 1. The van der Waals surface area contributed by atoms with Crippen molar-refractivity contribution in [2.24, 2.45) is 5.41 Å². The molecule has 0 radical (unpaired) electrons. The molecule has 0 aromatic heterocycles. The highest BCUT2D eigenvalue weighted by Gasteiger charge is 2.21. The summed E-state index contributed by atoms with van der Waals surface area (Å²) in [4.78, 5) is 0.248. The zero-order valence-electron chi connectivity index (χ0n) is 12.3. The van der Waals surface area contributed by atoms with Crippen LogP contribution in [0.5, 0.6) is 5.75 Å². The molecule has 0 spiro atoms. The predicted molar refractivity (Wildman–Crippen MR) is 81.4 cm³/mol. The van der Waals surface area contributed by atoms with E-state index in [9.17, 15) is 8.42 Å². The van der Waals surface area contributed by atoms with Crippen molar-refractivity contribution in [3.8, 4) is 5.75 Å². The second-order valence-electron chi connectivity index (χ2n) is 5.49. The van der Waals surface area contributed by atoms with Gasteiger partial charge in [0, 0.05) is 6.54 Å². The first-order valence-electron chi connectivity index (χ1n) is 6.55. The van der Waals surface area contributed by atoms with Gasteiger partial charge in [-0.15, -0.1) is 6.58 Å². The molecule has 0 fully saturated rings. The maximum Gasteiger partial charge on any atom is 0.240 e. The van der Waals surface area contributed by atoms with Crippen molar-refractivity contribution in [3.63, 3.8) is 0 Å². The maximum absolute atomic E-state index is 12.2. The Kier molecular flexibility index (Phi) is 5.77. The Labute approximate surface area is 121 Å². The number of hydrogen-bond donors (Lipinski definition) is 1. The largest absolute Gasteiger partial charge is 0.497 e. The van der Waals surface area contributed by atoms with Crippen molar-refractivity contribution < 1.29 is 13.2 Å². The number of methoxy groups -OCH3 is 1. The number of allylic oxidation sites excluding steroid dienone is 1. The van der Waals surface area contributed by atoms with Gasteiger partial charge in [0.25, 0.3) is 0 Å². The van der Waals surface area contributed by atoms with Crippen molar-refractivity contribution in [2.45, 2.75) is 31.6 Å². The molecule has 0 saturated carbocycles. The van der Waals surface area contributed by atoms with Crippen molar-refractivity contribution in [1.82, 2.24) is 4.72 Å². The average Bonchev–Trinajstić information content (AvgIpc) is 2.43. The van der Waals surface area contributed by atoms with Crippen molar-refractivity contribution in [2.75, 3.05) is 13.7 Å². The van der Waals surface area contributed by atoms with E-state index in [0.717, 1.165) is 12.8 Å². The third kappa shape index (κ3) is 4.98. The molecule has 0 amide bonds. The third-order valence-corrected chi connectivity index (χ3v) is 4.55. The van der Waals surface area contributed by atoms with Gasteiger partial charge in [-0.2, -0.15) is 0 Å². The van der Waals surface area contributed by atoms with E-state index >= 15 is 0 Å². The van der Waals surface area contributed by atoms with Gasteiger partial charge >= 0.3 is 0 Å². The van der Waals surface area contributed by atoms with Gasteiger partial charge in [-0.25, -0.2) is 13.1 Å². The predicted octanol–water partition coefficient (Wildman–Crippen LogP) is 2.97. The first-order valence-corrected chi connectivity index (χ1v) is 8.04. The van der Waals surface area contributed by atoms with Crippen LogP contribution in [-0.4, -0.2) is 22.1 Å². The Morgan fingerprint density at radius 2 is 1.90 bits per heavy atom. The van der Waals surface area contributed by atoms with Crippen LogP contribution in [-0.2, 0) is 10.0 Å². The van der Waals surface area contributed by atoms with E-state index in [1.807, 2.05) is 19.9 Å². The average molecular weight is 297 g/mol. The third-order valence-electron chi connectivity index (χ3n) is 3.14. The minimum atomic E-state index is -3.47. The van der Waals surface area contributed by atoms with Crippen LogP contribution in [0.15, 0.2) is 41.8 Å². The van der Waals surface area contributed by atoms with Crippen molar-refractivity contribution in [1.29, 1.82) is 0 Å². The fraction of sp³-hybridized carbons (Fsp3) is 0.467. The molecule has 1 rings (SSSR count). The lowest BCUT2D eigenvalue weighted by Gasteiger charge is -2.24. The van der Waals surface area contributed by atoms with Crippen LogP contribution in [0.2, 0.25) is 0 Å². The molecule has 0 atom stereocenters. The number of hydrogen-bond acceptors (Lipinski definition) is 3. The Morgan fingerprint density at radius 1 is 1.30 bits per heavy atom. The van der Waals surface area contributed by atoms with E-state index in [1.54, 1.807) is 19.2 Å². The van der Waals surface area contributed by atoms with E-state index in [0.29, 0.717) is 12.3 Å². The molecule has 0 heterocycles. The molecule has 0 aliphatic rings. The van der Waals surface area contributed by atoms with Gasteiger partial charge in [0.05, 0.1) is 12.0 Å². The number of benzene rings is 1. The molecule has 0 saturated heterocycles. The SMILES string of the molecule is C=CCCC(C)(C)CNS(=O)(=O)c1ccc(OC)cc1. The molecule has 1 aromatic carbocycles. The van der Waals surface area contributed by atoms with Gasteiger partial charge < -0.3 is 4.74 Å². The Morgan fingerprint density at radius 3 is 2.40 bits per heavy atom. The number of rotatable bonds is 8. The van der Waals surface area contributed by atoms with E-state index in [-0.39, 0.29) is 10.3 Å². The van der Waals surface area contributed by atoms with Crippen LogP contribution in [0.4, 0.5) is 0 Å². The van der Waals surface area contributed by atoms with Gasteiger partial charge in [0.15, 0.2) is 0 Å². The van der Waals surface area contributed by atoms with Crippen LogP contribution < -0.4 is 9.46 Å². The van der Waals surface area contributed by atoms with E-state index in [1.165, 1.54) is 12.1 Å². The summed E-state index contributed by atoms with van der Waals surface area (Å²) in [7, 11) is -1.93. The van der Waals surface area contributed by atoms with Gasteiger partial charge in [-0.3, -0.25) is 0 Å². The minimum absolute atomic E-state index is 0.103. The van der Waals surface area contributed by atoms with Gasteiger partial charge in [0.2, 0.25) is 10.0 Å². The lowest BCUT2D eigenvalue weighted by Crippen LogP contribution is -2.33. The van der Waals surface area contributed by atoms with Gasteiger partial charge in [0.1, 0.15) is 5.75 Å². The summed E-state index contributed by atoms with van der Waals surface area (Å²) in [5.41, 5.74) is -0.103. The summed E-state index contributed by atoms with van der Waals surface area (Å²) < 4.78 is 32.0. The van der Waals surface area contributed by atoms with Crippen molar-refractivity contribution in [3.05, 3.63) is 36.9 Å². The van der Waals surface area contributed by atoms with Crippen LogP contribution in [0, 0.1) is 5.41 Å². The van der Waals surface area contributed by atoms with Crippen molar-refractivity contribution >= 4 is 10.0 Å². The minimum Gasteiger partial charge on any atom is -0.497 e. The highest BCUT2D eigenvalue weighted by molar-refractivity contribution is 7.89. The Hall–Kier alpha value is -1.33. The molecule has 0 bridgehead atoms. The van der Waals surface area contributed by atoms with Crippen LogP contribution in [0.3, 0.4) is 0 Å². The molecular weight excluding hydrogens is 274 g/mol. The Bertz CT molecular complexity index is 533. The topological polar surface area (TPSA) is 55.4 Å². The molecule has 4 nitrogen and oxygen atoms in total. The lowest BCUT2D eigenvalue weighted by molar-refractivity contribution is 0.337. The molecule has 112 valence electrons. The lowest BCUT2D eigenvalue weighted by atomic mass is 9.88. The molecule has 1 aromatic rings. The molecule has 1 N–H and O–H groups in total. The zero-order chi connectivity index (χ0) is 15.2. The molecule has 0 aliphatic heterocycles. The Balaban J connectivity index is 2.71. The molecular formula is C15H23NO3S. The zero-order valence-corrected chi connectivity index (χ0v) is 13.2. The standard InChI is InChI=1S/C15H23NO3S/c1-5-6-11-15(2,3)12-16-20(17,18)14-9-7-13(19-4)8-10-14/h5,7-10,16H,1,6,11-12H2,2-4H3. The molecule has 20 heavy (non-hydrogen) atoms. The van der Waals surface area contributed by atoms with Crippen LogP contribution >= 0.6 is 0 Å². The normalized spacial score (nSPS) is 12.2. The quantitative estimate of drug-likeness (QED) is 0.751. The fourth-order valence-corrected chi connectivity index (χ4v) is 2.95. The van der Waals surface area contributed by atoms with E-state index in [2.05, 4.69) is 11.3 Å². The first-order chi connectivity index (χ1) is 9.30. The van der Waals surface area contributed by atoms with Gasteiger partial charge in [-0.05, 0) is 42.5 Å². The molecule has 5 heteroatoms. The summed E-state index contributed by atoms with van der Waals surface area (Å²) in [6.45, 7) is 8.15. The fourth-order valence-electron chi connectivity index (χ4n) is 1.71. The van der Waals surface area contributed by atoms with Crippen LogP contribution in [0.25, 0.3) is 0 Å². The summed E-state index contributed by atoms with van der Waals surface area (Å²) in [5.74, 6) is 0.635. The highest BCUT2D eigenvalue weighted by atomic mass is 32.2. The monoisotopic (exact) mass is 297 g/mol. The molecule has 0 aliphatic carbocycles. The maximum atomic E-state index is 12.2. The second kappa shape index (κ2) is 6.90. The van der Waals surface area contributed by atoms with E-state index in [4.69, 9.17) is 4.74 Å². The highest BCUT2D eigenvalue weighted by Crippen LogP contribution is 2.22. The first kappa shape index (κ1) is 16.7. The second-order valence-corrected chi connectivity index (χ2v) is 7.26. The summed E-state index contributed by atoms with van der Waals surface area (Å²) in [6, 6.07) is 6.35. The van der Waals surface area contributed by atoms with E-state index < -0.39 is 10.0 Å². The van der Waals surface area contributed by atoms with Crippen LogP contribution in [0.1, 0.15) is 26.7 Å². The van der Waals surface area contributed by atoms with Gasteiger partial charge in [-0.1, -0.05) is 19.9 Å². The molecule has 0 unspecified atom stereocenters. The number of sulfonamides is 1. The summed E-state index contributed by atoms with van der Waals surface area (Å²) in [6.07, 6.45) is 3.61.